The lowest BCUT2D eigenvalue weighted by molar-refractivity contribution is -0.141. The minimum absolute atomic E-state index is 0.311. The second kappa shape index (κ2) is 5.47. The molecule has 3 heteroatoms. The van der Waals surface area contributed by atoms with Crippen LogP contribution in [0.15, 0.2) is 18.2 Å². The summed E-state index contributed by atoms with van der Waals surface area (Å²) < 4.78 is 0. The predicted octanol–water partition coefficient (Wildman–Crippen LogP) is 3.25. The molecule has 0 amide bonds. The highest BCUT2D eigenvalue weighted by Gasteiger charge is 2.28. The molecule has 3 rings (SSSR count). The number of fused-ring (bicyclic) bond motifs is 1. The molecule has 2 aliphatic rings. The van der Waals surface area contributed by atoms with E-state index in [1.165, 1.54) is 36.9 Å². The van der Waals surface area contributed by atoms with E-state index in [2.05, 4.69) is 23.1 Å². The third-order valence-electron chi connectivity index (χ3n) is 4.81. The molecule has 108 valence electrons. The summed E-state index contributed by atoms with van der Waals surface area (Å²) in [6.45, 7) is 2.92. The lowest BCUT2D eigenvalue weighted by Crippen LogP contribution is -2.31. The molecule has 0 spiro atoms. The Hall–Kier alpha value is -1.51. The van der Waals surface area contributed by atoms with Crippen LogP contribution in [0.4, 0.5) is 5.69 Å². The van der Waals surface area contributed by atoms with Gasteiger partial charge in [0.05, 0.1) is 5.92 Å². The summed E-state index contributed by atoms with van der Waals surface area (Å²) in [5.41, 5.74) is 3.96. The van der Waals surface area contributed by atoms with Crippen LogP contribution in [-0.2, 0) is 17.6 Å². The Morgan fingerprint density at radius 3 is 2.85 bits per heavy atom. The van der Waals surface area contributed by atoms with Gasteiger partial charge in [-0.1, -0.05) is 31.9 Å². The van der Waals surface area contributed by atoms with E-state index in [0.29, 0.717) is 12.5 Å². The van der Waals surface area contributed by atoms with Gasteiger partial charge >= 0.3 is 5.97 Å². The average Bonchev–Trinajstić information content (AvgIpc) is 3.06. The van der Waals surface area contributed by atoms with E-state index in [9.17, 15) is 4.79 Å². The number of hydrogen-bond acceptors (Lipinski definition) is 2. The van der Waals surface area contributed by atoms with Crippen molar-refractivity contribution in [2.45, 2.75) is 51.5 Å². The number of hydrogen-bond donors (Lipinski definition) is 1. The molecule has 1 aliphatic heterocycles. The second-order valence-corrected chi connectivity index (χ2v) is 6.29. The molecule has 1 heterocycles. The minimum atomic E-state index is -0.710. The van der Waals surface area contributed by atoms with E-state index in [1.54, 1.807) is 6.92 Å². The van der Waals surface area contributed by atoms with Crippen LogP contribution in [0.1, 0.15) is 43.7 Å². The molecule has 1 aromatic carbocycles. The van der Waals surface area contributed by atoms with E-state index >= 15 is 0 Å². The average molecular weight is 273 g/mol. The van der Waals surface area contributed by atoms with E-state index in [4.69, 9.17) is 5.11 Å². The number of nitrogens with zero attached hydrogens (tertiary/aromatic N) is 1. The molecule has 1 saturated carbocycles. The molecule has 1 unspecified atom stereocenters. The van der Waals surface area contributed by atoms with Crippen molar-refractivity contribution in [1.82, 2.24) is 0 Å². The van der Waals surface area contributed by atoms with Crippen LogP contribution in [-0.4, -0.2) is 23.7 Å². The number of carbonyl (C=O) groups is 1. The first-order valence-corrected chi connectivity index (χ1v) is 7.76. The zero-order chi connectivity index (χ0) is 14.1. The van der Waals surface area contributed by atoms with Crippen LogP contribution >= 0.6 is 0 Å². The fraction of sp³-hybridized carbons (Fsp3) is 0.588. The van der Waals surface area contributed by atoms with Gasteiger partial charge in [-0.15, -0.1) is 0 Å². The quantitative estimate of drug-likeness (QED) is 0.915. The van der Waals surface area contributed by atoms with Crippen molar-refractivity contribution in [3.05, 3.63) is 29.3 Å². The Labute approximate surface area is 120 Å². The number of carboxylic acids is 1. The molecule has 1 N–H and O–H groups in total. The van der Waals surface area contributed by atoms with E-state index in [1.807, 2.05) is 0 Å². The van der Waals surface area contributed by atoms with Gasteiger partial charge < -0.3 is 10.0 Å². The number of rotatable bonds is 4. The highest BCUT2D eigenvalue weighted by molar-refractivity contribution is 5.70. The third kappa shape index (κ3) is 2.54. The van der Waals surface area contributed by atoms with Crippen molar-refractivity contribution in [1.29, 1.82) is 0 Å². The summed E-state index contributed by atoms with van der Waals surface area (Å²) in [6, 6.07) is 7.26. The van der Waals surface area contributed by atoms with Crippen molar-refractivity contribution in [2.24, 2.45) is 5.92 Å². The fourth-order valence-electron chi connectivity index (χ4n) is 3.61. The highest BCUT2D eigenvalue weighted by atomic mass is 16.4. The lowest BCUT2D eigenvalue weighted by Gasteiger charge is -2.27. The number of carboxylic acid groups (broad SMARTS) is 1. The lowest BCUT2D eigenvalue weighted by atomic mass is 9.99. The highest BCUT2D eigenvalue weighted by Crippen LogP contribution is 2.35. The Bertz CT molecular complexity index is 506. The first kappa shape index (κ1) is 13.5. The predicted molar refractivity (Wildman–Crippen MR) is 80.3 cm³/mol. The van der Waals surface area contributed by atoms with Crippen LogP contribution in [0.25, 0.3) is 0 Å². The molecule has 20 heavy (non-hydrogen) atoms. The first-order chi connectivity index (χ1) is 9.65. The van der Waals surface area contributed by atoms with Crippen LogP contribution in [0.5, 0.6) is 0 Å². The van der Waals surface area contributed by atoms with Crippen LogP contribution in [0.2, 0.25) is 0 Å². The number of aliphatic carboxylic acids is 1. The maximum absolute atomic E-state index is 11.0. The van der Waals surface area contributed by atoms with Gasteiger partial charge in [0, 0.05) is 18.3 Å². The molecule has 1 aliphatic carbocycles. The van der Waals surface area contributed by atoms with Crippen molar-refractivity contribution >= 4 is 11.7 Å². The van der Waals surface area contributed by atoms with Gasteiger partial charge in [0.1, 0.15) is 0 Å². The Morgan fingerprint density at radius 1 is 1.40 bits per heavy atom. The largest absolute Gasteiger partial charge is 0.481 e. The zero-order valence-corrected chi connectivity index (χ0v) is 12.1. The molecule has 0 saturated heterocycles. The number of benzene rings is 1. The van der Waals surface area contributed by atoms with Gasteiger partial charge in [-0.05, 0) is 42.9 Å². The molecule has 3 nitrogen and oxygen atoms in total. The van der Waals surface area contributed by atoms with Crippen LogP contribution < -0.4 is 4.90 Å². The zero-order valence-electron chi connectivity index (χ0n) is 12.1. The Kier molecular flexibility index (Phi) is 3.68. The summed E-state index contributed by atoms with van der Waals surface area (Å²) in [6.07, 6.45) is 7.10. The monoisotopic (exact) mass is 273 g/mol. The maximum atomic E-state index is 11.0. The molecular formula is C17H23NO2. The minimum Gasteiger partial charge on any atom is -0.481 e. The third-order valence-corrected chi connectivity index (χ3v) is 4.81. The van der Waals surface area contributed by atoms with E-state index < -0.39 is 5.97 Å². The van der Waals surface area contributed by atoms with Gasteiger partial charge in [-0.25, -0.2) is 0 Å². The molecule has 0 radical (unpaired) electrons. The summed E-state index contributed by atoms with van der Waals surface area (Å²) in [7, 11) is 0. The van der Waals surface area contributed by atoms with Gasteiger partial charge in [0.25, 0.3) is 0 Å². The fourth-order valence-corrected chi connectivity index (χ4v) is 3.61. The Balaban J connectivity index is 1.80. The molecule has 1 fully saturated rings. The van der Waals surface area contributed by atoms with Crippen LogP contribution in [0, 0.1) is 5.92 Å². The summed E-state index contributed by atoms with van der Waals surface area (Å²) in [4.78, 5) is 13.6. The molecular weight excluding hydrogens is 250 g/mol. The topological polar surface area (TPSA) is 40.5 Å². The molecule has 0 bridgehead atoms. The molecule has 0 aromatic heterocycles. The smallest absolute Gasteiger partial charge is 0.306 e. The maximum Gasteiger partial charge on any atom is 0.306 e. The second-order valence-electron chi connectivity index (χ2n) is 6.29. The SMILES string of the molecule is CC(Cc1ccc2c(c1)N(C1CCCC1)CC2)C(=O)O. The Morgan fingerprint density at radius 2 is 2.15 bits per heavy atom. The summed E-state index contributed by atoms with van der Waals surface area (Å²) in [5, 5.41) is 9.05. The van der Waals surface area contributed by atoms with Crippen LogP contribution in [0.3, 0.4) is 0 Å². The summed E-state index contributed by atoms with van der Waals surface area (Å²) in [5.74, 6) is -1.02. The first-order valence-electron chi connectivity index (χ1n) is 7.76. The van der Waals surface area contributed by atoms with E-state index in [0.717, 1.165) is 18.5 Å². The molecule has 1 aromatic rings. The van der Waals surface area contributed by atoms with Gasteiger partial charge in [0.2, 0.25) is 0 Å². The van der Waals surface area contributed by atoms with Crippen molar-refractivity contribution < 1.29 is 9.90 Å². The van der Waals surface area contributed by atoms with Gasteiger partial charge in [-0.2, -0.15) is 0 Å². The standard InChI is InChI=1S/C17H23NO2/c1-12(17(19)20)10-13-6-7-14-8-9-18(16(14)11-13)15-4-2-3-5-15/h6-7,11-12,15H,2-5,8-10H2,1H3,(H,19,20). The van der Waals surface area contributed by atoms with E-state index in [-0.39, 0.29) is 5.92 Å². The number of anilines is 1. The van der Waals surface area contributed by atoms with Crippen molar-refractivity contribution in [3.63, 3.8) is 0 Å². The van der Waals surface area contributed by atoms with Gasteiger partial charge in [-0.3, -0.25) is 4.79 Å². The van der Waals surface area contributed by atoms with Gasteiger partial charge in [0.15, 0.2) is 0 Å². The van der Waals surface area contributed by atoms with Crippen molar-refractivity contribution in [2.75, 3.05) is 11.4 Å². The summed E-state index contributed by atoms with van der Waals surface area (Å²) >= 11 is 0. The normalized spacial score (nSPS) is 20.1. The molecule has 1 atom stereocenters. The van der Waals surface area contributed by atoms with Crippen molar-refractivity contribution in [3.8, 4) is 0 Å².